The topological polar surface area (TPSA) is 101 Å². The number of hydrogen-bond donors (Lipinski definition) is 5. The first-order valence-electron chi connectivity index (χ1n) is 9.93. The van der Waals surface area contributed by atoms with Crippen molar-refractivity contribution in [2.45, 2.75) is 61.4 Å². The van der Waals surface area contributed by atoms with Crippen LogP contribution in [0.2, 0.25) is 0 Å². The predicted molar refractivity (Wildman–Crippen MR) is 105 cm³/mol. The zero-order chi connectivity index (χ0) is 20.3. The van der Waals surface area contributed by atoms with Crippen LogP contribution in [0.1, 0.15) is 47.9 Å². The summed E-state index contributed by atoms with van der Waals surface area (Å²) in [6.07, 6.45) is 0.452. The van der Waals surface area contributed by atoms with Crippen LogP contribution >= 0.6 is 0 Å². The molecular formula is C23H28O5. The van der Waals surface area contributed by atoms with Crippen molar-refractivity contribution in [1.29, 1.82) is 0 Å². The van der Waals surface area contributed by atoms with Crippen LogP contribution in [-0.4, -0.2) is 55.0 Å². The highest BCUT2D eigenvalue weighted by molar-refractivity contribution is 5.55. The van der Waals surface area contributed by atoms with E-state index >= 15 is 0 Å². The lowest BCUT2D eigenvalue weighted by atomic mass is 9.31. The molecule has 28 heavy (non-hydrogen) atoms. The Bertz CT molecular complexity index is 852. The Morgan fingerprint density at radius 3 is 1.68 bits per heavy atom. The fourth-order valence-corrected chi connectivity index (χ4v) is 5.45. The summed E-state index contributed by atoms with van der Waals surface area (Å²) < 4.78 is 0. The minimum atomic E-state index is -2.03. The normalized spacial score (nSPS) is 39.0. The molecule has 5 heteroatoms. The van der Waals surface area contributed by atoms with Crippen LogP contribution < -0.4 is 0 Å². The number of rotatable bonds is 5. The number of hydrogen-bond acceptors (Lipinski definition) is 5. The highest BCUT2D eigenvalue weighted by Gasteiger charge is 2.92. The lowest BCUT2D eigenvalue weighted by Crippen LogP contribution is -2.98. The minimum Gasteiger partial charge on any atom is -0.393 e. The molecule has 4 rings (SSSR count). The van der Waals surface area contributed by atoms with Crippen LogP contribution in [0.3, 0.4) is 0 Å². The van der Waals surface area contributed by atoms with Crippen molar-refractivity contribution in [1.82, 2.24) is 0 Å². The largest absolute Gasteiger partial charge is 0.393 e. The molecule has 2 aliphatic rings. The molecule has 150 valence electrons. The van der Waals surface area contributed by atoms with Crippen molar-refractivity contribution in [2.75, 3.05) is 6.61 Å². The first-order chi connectivity index (χ1) is 13.3. The van der Waals surface area contributed by atoms with E-state index in [1.807, 2.05) is 38.1 Å². The van der Waals surface area contributed by atoms with Crippen molar-refractivity contribution < 1.29 is 25.5 Å². The molecule has 2 aliphatic carbocycles. The molecule has 3 unspecified atom stereocenters. The molecule has 0 aromatic heterocycles. The Morgan fingerprint density at radius 1 is 0.786 bits per heavy atom. The zero-order valence-electron chi connectivity index (χ0n) is 16.2. The number of fused-ring (bicyclic) bond motifs is 1. The van der Waals surface area contributed by atoms with Crippen LogP contribution in [0.4, 0.5) is 0 Å². The van der Waals surface area contributed by atoms with Gasteiger partial charge >= 0.3 is 0 Å². The summed E-state index contributed by atoms with van der Waals surface area (Å²) >= 11 is 0. The molecule has 5 nitrogen and oxygen atoms in total. The van der Waals surface area contributed by atoms with Gasteiger partial charge < -0.3 is 25.5 Å². The molecule has 0 amide bonds. The van der Waals surface area contributed by atoms with Crippen LogP contribution in [0.5, 0.6) is 0 Å². The quantitative estimate of drug-likeness (QED) is 0.534. The van der Waals surface area contributed by atoms with E-state index in [0.29, 0.717) is 11.1 Å². The third kappa shape index (κ3) is 2.09. The van der Waals surface area contributed by atoms with Gasteiger partial charge in [-0.1, -0.05) is 62.4 Å². The van der Waals surface area contributed by atoms with E-state index in [0.717, 1.165) is 24.0 Å². The van der Waals surface area contributed by atoms with Crippen molar-refractivity contribution in [2.24, 2.45) is 0 Å². The summed E-state index contributed by atoms with van der Waals surface area (Å²) in [4.78, 5) is 0. The van der Waals surface area contributed by atoms with Gasteiger partial charge in [0.15, 0.2) is 0 Å². The summed E-state index contributed by atoms with van der Waals surface area (Å²) in [6.45, 7) is 3.34. The molecule has 2 saturated carbocycles. The molecule has 2 fully saturated rings. The van der Waals surface area contributed by atoms with Crippen LogP contribution in [0.25, 0.3) is 0 Å². The molecule has 0 radical (unpaired) electrons. The second kappa shape index (κ2) is 6.37. The second-order valence-corrected chi connectivity index (χ2v) is 8.22. The van der Waals surface area contributed by atoms with E-state index in [9.17, 15) is 25.5 Å². The Morgan fingerprint density at radius 2 is 1.25 bits per heavy atom. The molecule has 0 saturated heterocycles. The van der Waals surface area contributed by atoms with Crippen molar-refractivity contribution >= 4 is 0 Å². The maximum absolute atomic E-state index is 11.4. The van der Waals surface area contributed by atoms with Gasteiger partial charge in [0.25, 0.3) is 0 Å². The number of aryl methyl sites for hydroxylation is 2. The van der Waals surface area contributed by atoms with Gasteiger partial charge in [-0.2, -0.15) is 0 Å². The fraction of sp³-hybridized carbons (Fsp3) is 0.478. The van der Waals surface area contributed by atoms with E-state index in [1.165, 1.54) is 0 Å². The standard InChI is InChI=1S/C23H28O5/c1-3-14-5-9-16(10-6-14)18-20(25)22(27)19(21(26,13-24)23(18,22)28)17-11-7-15(4-2)8-12-17/h5-12,18-20,24-28H,3-4,13H2,1-2H3/t18?,19?,20?,21-,22-,23-/m0/s1. The minimum absolute atomic E-state index is 0.583. The fourth-order valence-electron chi connectivity index (χ4n) is 5.45. The third-order valence-electron chi connectivity index (χ3n) is 7.11. The van der Waals surface area contributed by atoms with Crippen molar-refractivity contribution in [3.8, 4) is 0 Å². The maximum Gasteiger partial charge on any atom is 0.137 e. The van der Waals surface area contributed by atoms with Crippen LogP contribution in [-0.2, 0) is 12.8 Å². The Balaban J connectivity index is 1.74. The van der Waals surface area contributed by atoms with E-state index in [-0.39, 0.29) is 0 Å². The van der Waals surface area contributed by atoms with Gasteiger partial charge in [0, 0.05) is 5.92 Å². The smallest absolute Gasteiger partial charge is 0.137 e. The first-order valence-corrected chi connectivity index (χ1v) is 9.93. The molecule has 5 N–H and O–H groups in total. The molecular weight excluding hydrogens is 356 g/mol. The number of aliphatic hydroxyl groups excluding tert-OH is 2. The van der Waals surface area contributed by atoms with E-state index in [2.05, 4.69) is 0 Å². The van der Waals surface area contributed by atoms with E-state index in [4.69, 9.17) is 0 Å². The Hall–Kier alpha value is -1.76. The van der Waals surface area contributed by atoms with Crippen LogP contribution in [0.15, 0.2) is 48.5 Å². The predicted octanol–water partition coefficient (Wildman–Crippen LogP) is 1.25. The molecule has 0 aliphatic heterocycles. The average molecular weight is 384 g/mol. The lowest BCUT2D eigenvalue weighted by Gasteiger charge is -2.79. The van der Waals surface area contributed by atoms with Gasteiger partial charge in [-0.05, 0) is 35.1 Å². The monoisotopic (exact) mass is 384 g/mol. The summed E-state index contributed by atoms with van der Waals surface area (Å²) in [5, 5.41) is 54.8. The Kier molecular flexibility index (Phi) is 4.45. The van der Waals surface area contributed by atoms with E-state index in [1.54, 1.807) is 24.3 Å². The van der Waals surface area contributed by atoms with Gasteiger partial charge in [0.1, 0.15) is 16.8 Å². The molecule has 2 aromatic carbocycles. The van der Waals surface area contributed by atoms with Gasteiger partial charge in [-0.25, -0.2) is 0 Å². The van der Waals surface area contributed by atoms with Crippen molar-refractivity contribution in [3.05, 3.63) is 70.8 Å². The van der Waals surface area contributed by atoms with Crippen LogP contribution in [0, 0.1) is 0 Å². The van der Waals surface area contributed by atoms with E-state index < -0.39 is 41.3 Å². The molecule has 0 heterocycles. The maximum atomic E-state index is 11.4. The van der Waals surface area contributed by atoms with Crippen molar-refractivity contribution in [3.63, 3.8) is 0 Å². The van der Waals surface area contributed by atoms with Gasteiger partial charge in [0.2, 0.25) is 0 Å². The second-order valence-electron chi connectivity index (χ2n) is 8.22. The number of benzene rings is 2. The Labute approximate surface area is 164 Å². The average Bonchev–Trinajstić information content (AvgIpc) is 2.74. The van der Waals surface area contributed by atoms with Gasteiger partial charge in [-0.3, -0.25) is 0 Å². The zero-order valence-corrected chi connectivity index (χ0v) is 16.2. The molecule has 0 spiro atoms. The summed E-state index contributed by atoms with van der Waals surface area (Å²) in [5.74, 6) is -1.87. The number of aliphatic hydroxyl groups is 5. The lowest BCUT2D eigenvalue weighted by molar-refractivity contribution is -0.448. The molecule has 0 bridgehead atoms. The third-order valence-corrected chi connectivity index (χ3v) is 7.11. The summed E-state index contributed by atoms with van der Waals surface area (Å²) in [5.41, 5.74) is -2.49. The molecule has 6 atom stereocenters. The summed E-state index contributed by atoms with van der Waals surface area (Å²) in [7, 11) is 0. The van der Waals surface area contributed by atoms with Gasteiger partial charge in [0.05, 0.1) is 18.6 Å². The SMILES string of the molecule is CCc1ccc(C2C(O)[C@@]3(O)C(c4ccc(CC)cc4)[C@@](O)(CO)[C@@]23O)cc1. The highest BCUT2D eigenvalue weighted by Crippen LogP contribution is 2.74. The first kappa shape index (κ1) is 19.6. The molecule has 2 aromatic rings. The van der Waals surface area contributed by atoms with Gasteiger partial charge in [-0.15, -0.1) is 0 Å². The summed E-state index contributed by atoms with van der Waals surface area (Å²) in [6, 6.07) is 14.7. The highest BCUT2D eigenvalue weighted by atomic mass is 16.4.